The van der Waals surface area contributed by atoms with Crippen LogP contribution in [0.15, 0.2) is 24.3 Å². The van der Waals surface area contributed by atoms with Gasteiger partial charge in [-0.15, -0.1) is 5.10 Å². The van der Waals surface area contributed by atoms with Crippen LogP contribution in [0.4, 0.5) is 0 Å². The van der Waals surface area contributed by atoms with Crippen LogP contribution in [0, 0.1) is 0 Å². The Morgan fingerprint density at radius 2 is 2.04 bits per heavy atom. The molecule has 27 heavy (non-hydrogen) atoms. The molecule has 2 N–H and O–H groups in total. The van der Waals surface area contributed by atoms with Crippen molar-refractivity contribution in [2.24, 2.45) is 0 Å². The zero-order chi connectivity index (χ0) is 19.1. The van der Waals surface area contributed by atoms with Crippen molar-refractivity contribution >= 4 is 27.9 Å². The number of aromatic nitrogens is 3. The minimum absolute atomic E-state index is 0.0916. The van der Waals surface area contributed by atoms with E-state index < -0.39 is 0 Å². The van der Waals surface area contributed by atoms with E-state index in [0.29, 0.717) is 9.98 Å². The highest BCUT2D eigenvalue weighted by Gasteiger charge is 2.38. The highest BCUT2D eigenvalue weighted by atomic mass is 35.5. The number of rotatable bonds is 4. The molecule has 1 aliphatic rings. The molecule has 0 aliphatic carbocycles. The molecule has 0 saturated carbocycles. The number of nitrogens with zero attached hydrogens (tertiary/aromatic N) is 3. The van der Waals surface area contributed by atoms with Crippen molar-refractivity contribution in [2.45, 2.75) is 45.4 Å². The summed E-state index contributed by atoms with van der Waals surface area (Å²) in [6, 6.07) is 7.77. The molecular weight excluding hydrogens is 384 g/mol. The SMILES string of the molecule is CCc1nc2sc([C@H](c3ccccc3Cl)[NH+]3C[C@@H](C)O[C@H](C)C3)c(O)n2n1. The number of hydrogen-bond donors (Lipinski definition) is 2. The topological polar surface area (TPSA) is 64.1 Å². The number of quaternary nitrogens is 1. The Labute approximate surface area is 167 Å². The lowest BCUT2D eigenvalue weighted by Crippen LogP contribution is -3.15. The van der Waals surface area contributed by atoms with Gasteiger partial charge in [0.25, 0.3) is 0 Å². The Balaban J connectivity index is 1.84. The Morgan fingerprint density at radius 3 is 2.67 bits per heavy atom. The molecule has 1 fully saturated rings. The number of halogens is 1. The fraction of sp³-hybridized carbons (Fsp3) is 0.474. The average molecular weight is 408 g/mol. The lowest BCUT2D eigenvalue weighted by molar-refractivity contribution is -0.939. The minimum atomic E-state index is -0.0916. The number of fused-ring (bicyclic) bond motifs is 1. The predicted molar refractivity (Wildman–Crippen MR) is 106 cm³/mol. The van der Waals surface area contributed by atoms with Crippen LogP contribution in [-0.2, 0) is 11.2 Å². The fourth-order valence-electron chi connectivity index (χ4n) is 3.93. The lowest BCUT2D eigenvalue weighted by atomic mass is 10.0. The first-order valence-electron chi connectivity index (χ1n) is 9.29. The number of morpholine rings is 1. The second-order valence-electron chi connectivity index (χ2n) is 7.14. The molecule has 6 nitrogen and oxygen atoms in total. The molecule has 3 aromatic rings. The standard InChI is InChI=1S/C19H23ClN4O2S/c1-4-15-21-19-24(22-15)18(25)17(27-19)16(13-7-5-6-8-14(13)20)23-9-11(2)26-12(3)10-23/h5-8,11-12,16,25H,4,9-10H2,1-3H3/p+1/t11-,12-,16+/m1/s1. The second-order valence-corrected chi connectivity index (χ2v) is 8.56. The first kappa shape index (κ1) is 18.7. The van der Waals surface area contributed by atoms with Crippen LogP contribution in [-0.4, -0.2) is 45.0 Å². The van der Waals surface area contributed by atoms with Gasteiger partial charge in [-0.3, -0.25) is 0 Å². The van der Waals surface area contributed by atoms with E-state index >= 15 is 0 Å². The van der Waals surface area contributed by atoms with E-state index in [1.54, 1.807) is 4.52 Å². The van der Waals surface area contributed by atoms with Gasteiger partial charge in [0.05, 0.1) is 5.02 Å². The van der Waals surface area contributed by atoms with Crippen molar-refractivity contribution in [2.75, 3.05) is 13.1 Å². The number of hydrogen-bond acceptors (Lipinski definition) is 5. The van der Waals surface area contributed by atoms with E-state index in [4.69, 9.17) is 16.3 Å². The van der Waals surface area contributed by atoms with Gasteiger partial charge in [0.15, 0.2) is 11.9 Å². The Hall–Kier alpha value is -1.67. The van der Waals surface area contributed by atoms with Gasteiger partial charge < -0.3 is 14.7 Å². The number of ether oxygens (including phenoxy) is 1. The summed E-state index contributed by atoms with van der Waals surface area (Å²) < 4.78 is 7.48. The third kappa shape index (κ3) is 3.45. The highest BCUT2D eigenvalue weighted by molar-refractivity contribution is 7.17. The maximum absolute atomic E-state index is 11.0. The largest absolute Gasteiger partial charge is 0.492 e. The molecule has 4 rings (SSSR count). The molecule has 0 amide bonds. The van der Waals surface area contributed by atoms with Gasteiger partial charge in [0, 0.05) is 12.0 Å². The number of nitrogens with one attached hydrogen (secondary N) is 1. The van der Waals surface area contributed by atoms with E-state index in [1.807, 2.05) is 31.2 Å². The van der Waals surface area contributed by atoms with Gasteiger partial charge in [-0.05, 0) is 19.9 Å². The third-order valence-corrected chi connectivity index (χ3v) is 6.44. The summed E-state index contributed by atoms with van der Waals surface area (Å²) in [6.45, 7) is 7.87. The zero-order valence-electron chi connectivity index (χ0n) is 15.6. The van der Waals surface area contributed by atoms with Crippen LogP contribution in [0.3, 0.4) is 0 Å². The minimum Gasteiger partial charge on any atom is -0.492 e. The van der Waals surface area contributed by atoms with E-state index in [0.717, 1.165) is 35.8 Å². The summed E-state index contributed by atoms with van der Waals surface area (Å²) in [5.74, 6) is 0.893. The first-order chi connectivity index (χ1) is 13.0. The molecule has 1 aliphatic heterocycles. The van der Waals surface area contributed by atoms with Crippen LogP contribution in [0.25, 0.3) is 4.96 Å². The Bertz CT molecular complexity index is 946. The summed E-state index contributed by atoms with van der Waals surface area (Å²) in [7, 11) is 0. The van der Waals surface area contributed by atoms with Gasteiger partial charge >= 0.3 is 0 Å². The average Bonchev–Trinajstić information content (AvgIpc) is 3.16. The lowest BCUT2D eigenvalue weighted by Gasteiger charge is -2.37. The Kier molecular flexibility index (Phi) is 5.11. The van der Waals surface area contributed by atoms with Crippen molar-refractivity contribution in [3.05, 3.63) is 45.6 Å². The molecule has 144 valence electrons. The molecule has 0 bridgehead atoms. The van der Waals surface area contributed by atoms with Gasteiger partial charge in [-0.2, -0.15) is 4.52 Å². The zero-order valence-corrected chi connectivity index (χ0v) is 17.2. The first-order valence-corrected chi connectivity index (χ1v) is 10.5. The van der Waals surface area contributed by atoms with Gasteiger partial charge in [0.1, 0.15) is 30.2 Å². The van der Waals surface area contributed by atoms with Crippen LogP contribution >= 0.6 is 22.9 Å². The molecule has 0 spiro atoms. The molecule has 3 heterocycles. The molecule has 2 aromatic heterocycles. The normalized spacial score (nSPS) is 24.4. The van der Waals surface area contributed by atoms with Crippen molar-refractivity contribution in [3.8, 4) is 5.88 Å². The molecule has 3 atom stereocenters. The molecule has 1 aromatic carbocycles. The van der Waals surface area contributed by atoms with E-state index in [2.05, 4.69) is 23.9 Å². The Morgan fingerprint density at radius 1 is 1.33 bits per heavy atom. The van der Waals surface area contributed by atoms with Crippen LogP contribution in [0.5, 0.6) is 5.88 Å². The number of aryl methyl sites for hydroxylation is 1. The third-order valence-electron chi connectivity index (χ3n) is 5.01. The summed E-state index contributed by atoms with van der Waals surface area (Å²) in [5, 5.41) is 16.1. The highest BCUT2D eigenvalue weighted by Crippen LogP contribution is 2.37. The van der Waals surface area contributed by atoms with E-state index in [-0.39, 0.29) is 24.1 Å². The van der Waals surface area contributed by atoms with Crippen LogP contribution in [0.2, 0.25) is 5.02 Å². The predicted octanol–water partition coefficient (Wildman–Crippen LogP) is 2.49. The maximum Gasteiger partial charge on any atom is 0.235 e. The summed E-state index contributed by atoms with van der Waals surface area (Å²) in [6.07, 6.45) is 1.02. The van der Waals surface area contributed by atoms with Gasteiger partial charge in [-0.25, -0.2) is 4.98 Å². The van der Waals surface area contributed by atoms with Crippen molar-refractivity contribution in [1.82, 2.24) is 14.6 Å². The van der Waals surface area contributed by atoms with E-state index in [9.17, 15) is 5.11 Å². The molecule has 8 heteroatoms. The second kappa shape index (κ2) is 7.39. The van der Waals surface area contributed by atoms with Gasteiger partial charge in [0.2, 0.25) is 10.8 Å². The van der Waals surface area contributed by atoms with Crippen LogP contribution in [0.1, 0.15) is 43.1 Å². The van der Waals surface area contributed by atoms with Crippen molar-refractivity contribution < 1.29 is 14.7 Å². The number of thiazole rings is 1. The smallest absolute Gasteiger partial charge is 0.235 e. The molecule has 0 unspecified atom stereocenters. The van der Waals surface area contributed by atoms with Gasteiger partial charge in [-0.1, -0.05) is 48.1 Å². The van der Waals surface area contributed by atoms with Crippen molar-refractivity contribution in [3.63, 3.8) is 0 Å². The summed E-state index contributed by atoms with van der Waals surface area (Å²) >= 11 is 8.06. The van der Waals surface area contributed by atoms with Crippen molar-refractivity contribution in [1.29, 1.82) is 0 Å². The monoisotopic (exact) mass is 407 g/mol. The van der Waals surface area contributed by atoms with Crippen LogP contribution < -0.4 is 4.90 Å². The summed E-state index contributed by atoms with van der Waals surface area (Å²) in [5.41, 5.74) is 1.01. The number of benzene rings is 1. The van der Waals surface area contributed by atoms with E-state index in [1.165, 1.54) is 16.2 Å². The maximum atomic E-state index is 11.0. The fourth-order valence-corrected chi connectivity index (χ4v) is 5.33. The molecule has 1 saturated heterocycles. The quantitative estimate of drug-likeness (QED) is 0.697. The summed E-state index contributed by atoms with van der Waals surface area (Å²) in [4.78, 5) is 7.41. The molecular formula is C19H24ClN4O2S+. The number of aromatic hydroxyl groups is 1. The molecule has 0 radical (unpaired) electrons.